The number of carbonyl (C=O) groups excluding carboxylic acids is 1. The van der Waals surface area contributed by atoms with Gasteiger partial charge in [-0.1, -0.05) is 23.8 Å². The van der Waals surface area contributed by atoms with Gasteiger partial charge in [0.25, 0.3) is 10.0 Å². The maximum atomic E-state index is 13.5. The molecule has 0 radical (unpaired) electrons. The number of rotatable bonds is 6. The van der Waals surface area contributed by atoms with Gasteiger partial charge in [0.1, 0.15) is 5.75 Å². The van der Waals surface area contributed by atoms with E-state index in [4.69, 9.17) is 9.47 Å². The molecule has 0 aliphatic carbocycles. The summed E-state index contributed by atoms with van der Waals surface area (Å²) in [6, 6.07) is 10.5. The molecule has 0 spiro atoms. The second-order valence-corrected chi connectivity index (χ2v) is 8.31. The van der Waals surface area contributed by atoms with Crippen LogP contribution in [0.5, 0.6) is 5.75 Å². The predicted octanol–water partition coefficient (Wildman–Crippen LogP) is 3.41. The van der Waals surface area contributed by atoms with E-state index in [0.717, 1.165) is 9.87 Å². The van der Waals surface area contributed by atoms with Crippen molar-refractivity contribution >= 4 is 21.7 Å². The number of esters is 1. The van der Waals surface area contributed by atoms with Gasteiger partial charge in [0.05, 0.1) is 24.3 Å². The van der Waals surface area contributed by atoms with E-state index in [2.05, 4.69) is 6.58 Å². The number of fused-ring (bicyclic) bond motifs is 1. The van der Waals surface area contributed by atoms with Crippen LogP contribution in [-0.2, 0) is 19.6 Å². The minimum Gasteiger partial charge on any atom is -0.497 e. The molecule has 0 amide bonds. The van der Waals surface area contributed by atoms with E-state index in [0.29, 0.717) is 17.0 Å². The van der Waals surface area contributed by atoms with E-state index in [1.54, 1.807) is 43.3 Å². The van der Waals surface area contributed by atoms with Gasteiger partial charge < -0.3 is 9.47 Å². The van der Waals surface area contributed by atoms with Crippen molar-refractivity contribution in [1.29, 1.82) is 0 Å². The third-order valence-corrected chi connectivity index (χ3v) is 6.59. The Morgan fingerprint density at radius 2 is 1.89 bits per heavy atom. The van der Waals surface area contributed by atoms with Crippen molar-refractivity contribution in [3.8, 4) is 5.75 Å². The zero-order chi connectivity index (χ0) is 20.5. The molecular weight excluding hydrogens is 378 g/mol. The van der Waals surface area contributed by atoms with Crippen molar-refractivity contribution in [2.75, 3.05) is 18.0 Å². The Hall–Kier alpha value is -2.80. The minimum atomic E-state index is -4.00. The fraction of sp³-hybridized carbons (Fsp3) is 0.286. The molecule has 7 heteroatoms. The monoisotopic (exact) mass is 401 g/mol. The molecule has 0 bridgehead atoms. The third-order valence-electron chi connectivity index (χ3n) is 4.78. The van der Waals surface area contributed by atoms with Crippen LogP contribution in [0, 0.1) is 6.92 Å². The van der Waals surface area contributed by atoms with E-state index in [1.807, 2.05) is 6.92 Å². The number of hydrogen-bond donors (Lipinski definition) is 0. The predicted molar refractivity (Wildman–Crippen MR) is 107 cm³/mol. The lowest BCUT2D eigenvalue weighted by atomic mass is 9.95. The van der Waals surface area contributed by atoms with Crippen LogP contribution < -0.4 is 9.04 Å². The average molecular weight is 401 g/mol. The molecule has 1 aliphatic heterocycles. The first-order chi connectivity index (χ1) is 13.3. The molecule has 2 aromatic rings. The van der Waals surface area contributed by atoms with Gasteiger partial charge in [-0.2, -0.15) is 0 Å². The summed E-state index contributed by atoms with van der Waals surface area (Å²) in [6.45, 7) is 7.53. The fourth-order valence-corrected chi connectivity index (χ4v) is 5.07. The SMILES string of the molecule is C=CC1c2cc(OC)ccc2N(S(=O)(=O)c2ccc(C)cc2)C1C(=O)OCC. The normalized spacial score (nSPS) is 18.5. The van der Waals surface area contributed by atoms with Crippen LogP contribution in [0.2, 0.25) is 0 Å². The van der Waals surface area contributed by atoms with Gasteiger partial charge >= 0.3 is 5.97 Å². The Morgan fingerprint density at radius 3 is 2.46 bits per heavy atom. The highest BCUT2D eigenvalue weighted by Gasteiger charge is 2.48. The lowest BCUT2D eigenvalue weighted by Gasteiger charge is -2.27. The molecule has 148 valence electrons. The van der Waals surface area contributed by atoms with Gasteiger partial charge in [-0.25, -0.2) is 13.2 Å². The van der Waals surface area contributed by atoms with Crippen molar-refractivity contribution in [3.05, 3.63) is 66.2 Å². The quantitative estimate of drug-likeness (QED) is 0.548. The maximum Gasteiger partial charge on any atom is 0.330 e. The fourth-order valence-electron chi connectivity index (χ4n) is 3.42. The number of hydrogen-bond acceptors (Lipinski definition) is 5. The Labute approximate surface area is 165 Å². The van der Waals surface area contributed by atoms with E-state index in [-0.39, 0.29) is 11.5 Å². The van der Waals surface area contributed by atoms with Gasteiger partial charge in [-0.3, -0.25) is 4.31 Å². The highest BCUT2D eigenvalue weighted by atomic mass is 32.2. The van der Waals surface area contributed by atoms with E-state index < -0.39 is 28.0 Å². The van der Waals surface area contributed by atoms with Gasteiger partial charge in [0.2, 0.25) is 0 Å². The number of benzene rings is 2. The van der Waals surface area contributed by atoms with Gasteiger partial charge in [0.15, 0.2) is 6.04 Å². The molecule has 0 aromatic heterocycles. The van der Waals surface area contributed by atoms with E-state index in [1.165, 1.54) is 19.2 Å². The maximum absolute atomic E-state index is 13.5. The van der Waals surface area contributed by atoms with Crippen LogP contribution in [0.1, 0.15) is 24.0 Å². The Kier molecular flexibility index (Phi) is 5.47. The summed E-state index contributed by atoms with van der Waals surface area (Å²) < 4.78 is 38.6. The molecule has 1 aliphatic rings. The van der Waals surface area contributed by atoms with Crippen LogP contribution >= 0.6 is 0 Å². The molecule has 0 N–H and O–H groups in total. The van der Waals surface area contributed by atoms with Crippen molar-refractivity contribution in [3.63, 3.8) is 0 Å². The molecule has 0 saturated heterocycles. The Morgan fingerprint density at radius 1 is 1.21 bits per heavy atom. The van der Waals surface area contributed by atoms with Crippen molar-refractivity contribution in [2.45, 2.75) is 30.7 Å². The summed E-state index contributed by atoms with van der Waals surface area (Å²) in [7, 11) is -2.47. The van der Waals surface area contributed by atoms with Crippen molar-refractivity contribution < 1.29 is 22.7 Å². The summed E-state index contributed by atoms with van der Waals surface area (Å²) in [6.07, 6.45) is 1.57. The zero-order valence-electron chi connectivity index (χ0n) is 16.1. The molecule has 2 unspecified atom stereocenters. The lowest BCUT2D eigenvalue weighted by molar-refractivity contribution is -0.144. The smallest absolute Gasteiger partial charge is 0.330 e. The highest BCUT2D eigenvalue weighted by molar-refractivity contribution is 7.93. The number of methoxy groups -OCH3 is 1. The summed E-state index contributed by atoms with van der Waals surface area (Å²) >= 11 is 0. The molecule has 6 nitrogen and oxygen atoms in total. The zero-order valence-corrected chi connectivity index (χ0v) is 16.9. The van der Waals surface area contributed by atoms with E-state index >= 15 is 0 Å². The first-order valence-electron chi connectivity index (χ1n) is 8.93. The molecule has 28 heavy (non-hydrogen) atoms. The molecular formula is C21H23NO5S. The van der Waals surface area contributed by atoms with Crippen LogP contribution in [0.4, 0.5) is 5.69 Å². The molecule has 0 saturated carbocycles. The highest BCUT2D eigenvalue weighted by Crippen LogP contribution is 2.46. The van der Waals surface area contributed by atoms with Crippen LogP contribution in [0.3, 0.4) is 0 Å². The number of sulfonamides is 1. The Bertz CT molecular complexity index is 998. The summed E-state index contributed by atoms with van der Waals surface area (Å²) in [4.78, 5) is 12.9. The van der Waals surface area contributed by atoms with Crippen molar-refractivity contribution in [2.24, 2.45) is 0 Å². The van der Waals surface area contributed by atoms with Crippen LogP contribution in [0.25, 0.3) is 0 Å². The van der Waals surface area contributed by atoms with E-state index in [9.17, 15) is 13.2 Å². The van der Waals surface area contributed by atoms with Crippen LogP contribution in [-0.4, -0.2) is 34.1 Å². The van der Waals surface area contributed by atoms with Crippen molar-refractivity contribution in [1.82, 2.24) is 0 Å². The minimum absolute atomic E-state index is 0.110. The standard InChI is InChI=1S/C21H23NO5S/c1-5-17-18-13-15(26-4)9-12-19(18)22(20(17)21(23)27-6-2)28(24,25)16-10-7-14(3)8-11-16/h5,7-13,17,20H,1,6H2,2-4H3. The largest absolute Gasteiger partial charge is 0.497 e. The molecule has 2 aromatic carbocycles. The van der Waals surface area contributed by atoms with Gasteiger partial charge in [-0.05, 0) is 49.7 Å². The summed E-state index contributed by atoms with van der Waals surface area (Å²) in [5.74, 6) is -0.592. The second kappa shape index (κ2) is 7.67. The molecule has 2 atom stereocenters. The van der Waals surface area contributed by atoms with Gasteiger partial charge in [0, 0.05) is 5.92 Å². The average Bonchev–Trinajstić information content (AvgIpc) is 3.02. The number of nitrogens with zero attached hydrogens (tertiary/aromatic N) is 1. The summed E-state index contributed by atoms with van der Waals surface area (Å²) in [5, 5.41) is 0. The number of carbonyl (C=O) groups is 1. The Balaban J connectivity index is 2.21. The first-order valence-corrected chi connectivity index (χ1v) is 10.4. The van der Waals surface area contributed by atoms with Crippen LogP contribution in [0.15, 0.2) is 60.0 Å². The summed E-state index contributed by atoms with van der Waals surface area (Å²) in [5.41, 5.74) is 2.02. The topological polar surface area (TPSA) is 72.9 Å². The first kappa shape index (κ1) is 19.9. The number of anilines is 1. The lowest BCUT2D eigenvalue weighted by Crippen LogP contribution is -2.45. The number of ether oxygens (including phenoxy) is 2. The molecule has 1 heterocycles. The number of aryl methyl sites for hydroxylation is 1. The third kappa shape index (κ3) is 3.26. The van der Waals surface area contributed by atoms with Gasteiger partial charge in [-0.15, -0.1) is 6.58 Å². The second-order valence-electron chi connectivity index (χ2n) is 6.50. The molecule has 3 rings (SSSR count). The molecule has 0 fully saturated rings.